The van der Waals surface area contributed by atoms with E-state index in [2.05, 4.69) is 13.8 Å². The van der Waals surface area contributed by atoms with Crippen molar-refractivity contribution < 1.29 is 59.5 Å². The monoisotopic (exact) mass is 740 g/mol. The Bertz CT molecular complexity index is 1220. The van der Waals surface area contributed by atoms with Gasteiger partial charge in [-0.3, -0.25) is 0 Å². The minimum absolute atomic E-state index is 0.0880. The van der Waals surface area contributed by atoms with Crippen molar-refractivity contribution in [2.45, 2.75) is 185 Å². The summed E-state index contributed by atoms with van der Waals surface area (Å²) in [6.07, 6.45) is 4.21. The summed E-state index contributed by atoms with van der Waals surface area (Å²) in [6.45, 7) is 12.7. The van der Waals surface area contributed by atoms with Crippen LogP contribution in [0.2, 0.25) is 0 Å². The van der Waals surface area contributed by atoms with Gasteiger partial charge in [0.2, 0.25) is 0 Å². The van der Waals surface area contributed by atoms with Crippen LogP contribution in [0.3, 0.4) is 0 Å². The molecule has 12 nitrogen and oxygen atoms in total. The van der Waals surface area contributed by atoms with Crippen molar-refractivity contribution in [2.75, 3.05) is 6.61 Å². The van der Waals surface area contributed by atoms with E-state index < -0.39 is 77.2 Å². The summed E-state index contributed by atoms with van der Waals surface area (Å²) in [7, 11) is 0. The second-order valence-electron chi connectivity index (χ2n) is 17.2. The summed E-state index contributed by atoms with van der Waals surface area (Å²) >= 11 is 0. The van der Waals surface area contributed by atoms with Crippen molar-refractivity contribution in [1.29, 1.82) is 0 Å². The predicted molar refractivity (Wildman–Crippen MR) is 193 cm³/mol. The molecule has 300 valence electrons. The van der Waals surface area contributed by atoms with Crippen molar-refractivity contribution >= 4 is 5.97 Å². The normalized spacial score (nSPS) is 49.4. The molecule has 4 heterocycles. The van der Waals surface area contributed by atoms with Crippen LogP contribution in [0.1, 0.15) is 119 Å². The molecule has 7 N–H and O–H groups in total. The van der Waals surface area contributed by atoms with Gasteiger partial charge in [-0.15, -0.1) is 0 Å². The Balaban J connectivity index is 1.69. The van der Waals surface area contributed by atoms with Crippen molar-refractivity contribution in [1.82, 2.24) is 0 Å². The highest BCUT2D eigenvalue weighted by Gasteiger charge is 2.54. The van der Waals surface area contributed by atoms with Gasteiger partial charge in [-0.05, 0) is 76.7 Å². The molecule has 1 spiro atoms. The average molecular weight is 741 g/mol. The van der Waals surface area contributed by atoms with Gasteiger partial charge in [0.05, 0.1) is 48.8 Å². The highest BCUT2D eigenvalue weighted by atomic mass is 16.7. The average Bonchev–Trinajstić information content (AvgIpc) is 3.08. The van der Waals surface area contributed by atoms with Crippen LogP contribution in [0.15, 0.2) is 24.3 Å². The molecule has 4 aliphatic heterocycles. The Kier molecular flexibility index (Phi) is 14.6. The number of carbonyl (C=O) groups excluding carboxylic acids is 1. The van der Waals surface area contributed by atoms with Gasteiger partial charge in [0.15, 0.2) is 11.6 Å². The van der Waals surface area contributed by atoms with E-state index in [1.54, 1.807) is 0 Å². The van der Waals surface area contributed by atoms with E-state index in [0.29, 0.717) is 45.1 Å². The van der Waals surface area contributed by atoms with Crippen LogP contribution in [-0.4, -0.2) is 114 Å². The van der Waals surface area contributed by atoms with E-state index in [1.807, 2.05) is 26.0 Å². The molecule has 2 bridgehead atoms. The molecule has 12 heteroatoms. The molecule has 3 fully saturated rings. The quantitative estimate of drug-likeness (QED) is 0.164. The SMILES string of the molecule is CC[C@@H](O)C[C@@H]1O[C@@]2(CC[C@@H]1C)C[C@H]1OC(=O)/C=C\[C@](C)(O)[C@H](O)[C@H](C)[C@H](O)C[C@@H](O)[C@](C)(O)CCC/C=C\[C@@H]3C[C@H](C)CO[C@]3(O)C[C@@H](O2)[C@H]1C. The number of hydrogen-bond acceptors (Lipinski definition) is 12. The molecule has 0 aromatic rings. The number of rotatable bonds is 3. The minimum Gasteiger partial charge on any atom is -0.459 e. The first-order valence-corrected chi connectivity index (χ1v) is 19.7. The first kappa shape index (κ1) is 43.3. The van der Waals surface area contributed by atoms with Gasteiger partial charge in [-0.2, -0.15) is 0 Å². The van der Waals surface area contributed by atoms with E-state index in [0.717, 1.165) is 18.6 Å². The lowest BCUT2D eigenvalue weighted by Gasteiger charge is -2.53. The van der Waals surface area contributed by atoms with E-state index >= 15 is 0 Å². The van der Waals surface area contributed by atoms with E-state index in [4.69, 9.17) is 18.9 Å². The Hall–Kier alpha value is -1.45. The lowest BCUT2D eigenvalue weighted by Crippen LogP contribution is -2.59. The van der Waals surface area contributed by atoms with Crippen molar-refractivity contribution in [2.24, 2.45) is 29.6 Å². The molecule has 0 unspecified atom stereocenters. The Morgan fingerprint density at radius 3 is 2.35 bits per heavy atom. The number of allylic oxidation sites excluding steroid dienone is 1. The van der Waals surface area contributed by atoms with Gasteiger partial charge in [0.25, 0.3) is 0 Å². The maximum Gasteiger partial charge on any atom is 0.330 e. The molecule has 0 saturated carbocycles. The first-order valence-electron chi connectivity index (χ1n) is 19.7. The first-order chi connectivity index (χ1) is 24.2. The van der Waals surface area contributed by atoms with Crippen molar-refractivity contribution in [3.8, 4) is 0 Å². The summed E-state index contributed by atoms with van der Waals surface area (Å²) in [6, 6.07) is 0. The van der Waals surface area contributed by atoms with Crippen LogP contribution in [0.4, 0.5) is 0 Å². The van der Waals surface area contributed by atoms with Crippen LogP contribution in [-0.2, 0) is 23.7 Å². The number of ether oxygens (including phenoxy) is 4. The molecule has 3 saturated heterocycles. The molecule has 0 aromatic heterocycles. The fourth-order valence-electron chi connectivity index (χ4n) is 8.35. The molecule has 0 aliphatic carbocycles. The lowest BCUT2D eigenvalue weighted by atomic mass is 9.77. The smallest absolute Gasteiger partial charge is 0.330 e. The molecule has 52 heavy (non-hydrogen) atoms. The standard InChI is InChI=1S/C40H68O12/c1-8-29(41)19-31-25(3)13-17-39(51-31)21-32-27(5)33(52-39)22-40(48)28(18-24(2)23-49-40)12-10-9-11-15-37(6,46)34(43)20-30(42)26(4)36(45)38(7,47)16-14-35(44)50-32/h10,12,14,16,24-34,36,41-43,45-48H,8-9,11,13,15,17-23H2,1-7H3/b12-10-,16-14-/t24-,25-,26+,27-,28+,29+,30+,31-,32+,33+,34+,36+,37+,38-,39+,40+/m0/s1. The molecular weight excluding hydrogens is 672 g/mol. The van der Waals surface area contributed by atoms with Gasteiger partial charge in [0.1, 0.15) is 11.7 Å². The van der Waals surface area contributed by atoms with Crippen LogP contribution in [0.25, 0.3) is 0 Å². The zero-order valence-electron chi connectivity index (χ0n) is 32.4. The van der Waals surface area contributed by atoms with Gasteiger partial charge < -0.3 is 54.7 Å². The highest BCUT2D eigenvalue weighted by molar-refractivity contribution is 5.82. The van der Waals surface area contributed by atoms with E-state index in [1.165, 1.54) is 20.8 Å². The van der Waals surface area contributed by atoms with Gasteiger partial charge in [0, 0.05) is 49.5 Å². The van der Waals surface area contributed by atoms with Crippen molar-refractivity contribution in [3.63, 3.8) is 0 Å². The van der Waals surface area contributed by atoms with Crippen molar-refractivity contribution in [3.05, 3.63) is 24.3 Å². The second kappa shape index (κ2) is 17.6. The van der Waals surface area contributed by atoms with Crippen LogP contribution >= 0.6 is 0 Å². The third-order valence-electron chi connectivity index (χ3n) is 12.5. The third-order valence-corrected chi connectivity index (χ3v) is 12.5. The van der Waals surface area contributed by atoms with E-state index in [9.17, 15) is 40.5 Å². The fourth-order valence-corrected chi connectivity index (χ4v) is 8.35. The molecule has 4 rings (SSSR count). The minimum atomic E-state index is -1.95. The van der Waals surface area contributed by atoms with Crippen LogP contribution in [0, 0.1) is 29.6 Å². The number of esters is 1. The molecule has 0 aromatic carbocycles. The maximum absolute atomic E-state index is 13.4. The van der Waals surface area contributed by atoms with Gasteiger partial charge in [-0.1, -0.05) is 46.8 Å². The highest BCUT2D eigenvalue weighted by Crippen LogP contribution is 2.48. The summed E-state index contributed by atoms with van der Waals surface area (Å²) in [5.74, 6) is -4.82. The molecule has 0 amide bonds. The number of aliphatic hydroxyl groups excluding tert-OH is 4. The summed E-state index contributed by atoms with van der Waals surface area (Å²) in [4.78, 5) is 13.4. The number of hydrogen-bond donors (Lipinski definition) is 7. The number of fused-ring (bicyclic) bond motifs is 3. The topological polar surface area (TPSA) is 196 Å². The zero-order valence-corrected chi connectivity index (χ0v) is 32.4. The molecule has 16 atom stereocenters. The lowest BCUT2D eigenvalue weighted by molar-refractivity contribution is -0.362. The Morgan fingerprint density at radius 1 is 0.942 bits per heavy atom. The van der Waals surface area contributed by atoms with E-state index in [-0.39, 0.29) is 49.5 Å². The molecular formula is C40H68O12. The number of aliphatic hydroxyl groups is 7. The molecule has 4 aliphatic rings. The molecule has 0 radical (unpaired) electrons. The Labute approximate surface area is 310 Å². The maximum atomic E-state index is 13.4. The summed E-state index contributed by atoms with van der Waals surface area (Å²) in [5, 5.41) is 77.8. The third kappa shape index (κ3) is 10.6. The fraction of sp³-hybridized carbons (Fsp3) is 0.875. The number of carbonyl (C=O) groups is 1. The second-order valence-corrected chi connectivity index (χ2v) is 17.2. The largest absolute Gasteiger partial charge is 0.459 e. The predicted octanol–water partition coefficient (Wildman–Crippen LogP) is 3.65. The summed E-state index contributed by atoms with van der Waals surface area (Å²) < 4.78 is 25.8. The summed E-state index contributed by atoms with van der Waals surface area (Å²) in [5.41, 5.74) is -3.48. The zero-order chi connectivity index (χ0) is 38.6. The van der Waals surface area contributed by atoms with Crippen LogP contribution in [0.5, 0.6) is 0 Å². The Morgan fingerprint density at radius 2 is 1.65 bits per heavy atom. The van der Waals surface area contributed by atoms with Gasteiger partial charge in [-0.25, -0.2) is 4.79 Å². The van der Waals surface area contributed by atoms with Crippen LogP contribution < -0.4 is 0 Å². The van der Waals surface area contributed by atoms with Gasteiger partial charge >= 0.3 is 5.97 Å².